The molecular formula is C32H35N5O3S. The van der Waals surface area contributed by atoms with Crippen LogP contribution in [0.5, 0.6) is 5.88 Å². The first-order valence-corrected chi connectivity index (χ1v) is 15.0. The third-order valence-electron chi connectivity index (χ3n) is 8.59. The molecule has 4 heterocycles. The highest BCUT2D eigenvalue weighted by molar-refractivity contribution is 7.17. The number of aromatic hydroxyl groups is 1. The second kappa shape index (κ2) is 10.9. The van der Waals surface area contributed by atoms with E-state index in [1.807, 2.05) is 27.0 Å². The maximum absolute atomic E-state index is 12.2. The van der Waals surface area contributed by atoms with Gasteiger partial charge in [-0.2, -0.15) is 0 Å². The van der Waals surface area contributed by atoms with Crippen molar-refractivity contribution >= 4 is 38.4 Å². The molecule has 9 heteroatoms. The van der Waals surface area contributed by atoms with E-state index in [1.165, 1.54) is 15.8 Å². The molecule has 0 saturated carbocycles. The summed E-state index contributed by atoms with van der Waals surface area (Å²) in [6, 6.07) is 12.3. The lowest BCUT2D eigenvalue weighted by atomic mass is 9.83. The molecule has 1 aliphatic heterocycles. The highest BCUT2D eigenvalue weighted by Gasteiger charge is 2.26. The molecule has 2 N–H and O–H groups in total. The zero-order valence-corrected chi connectivity index (χ0v) is 24.7. The lowest BCUT2D eigenvalue weighted by molar-refractivity contribution is -0.137. The predicted octanol–water partition coefficient (Wildman–Crippen LogP) is 6.09. The number of fused-ring (bicyclic) bond motifs is 3. The number of pyridine rings is 1. The van der Waals surface area contributed by atoms with Crippen molar-refractivity contribution in [2.45, 2.75) is 59.0 Å². The van der Waals surface area contributed by atoms with Gasteiger partial charge in [-0.3, -0.25) is 9.69 Å². The zero-order chi connectivity index (χ0) is 28.8. The van der Waals surface area contributed by atoms with E-state index in [9.17, 15) is 15.0 Å². The van der Waals surface area contributed by atoms with E-state index >= 15 is 0 Å². The lowest BCUT2D eigenvalue weighted by Gasteiger charge is -2.25. The summed E-state index contributed by atoms with van der Waals surface area (Å²) in [5, 5.41) is 32.0. The van der Waals surface area contributed by atoms with Gasteiger partial charge in [-0.05, 0) is 82.5 Å². The van der Waals surface area contributed by atoms with Crippen LogP contribution in [0, 0.1) is 19.8 Å². The van der Waals surface area contributed by atoms with Crippen molar-refractivity contribution in [2.24, 2.45) is 13.0 Å². The largest absolute Gasteiger partial charge is 0.493 e. The van der Waals surface area contributed by atoms with Gasteiger partial charge in [0.2, 0.25) is 5.88 Å². The van der Waals surface area contributed by atoms with Crippen LogP contribution in [0.25, 0.3) is 21.1 Å². The number of carboxylic acids is 1. The van der Waals surface area contributed by atoms with Crippen LogP contribution in [0.3, 0.4) is 0 Å². The summed E-state index contributed by atoms with van der Waals surface area (Å²) in [7, 11) is 1.88. The monoisotopic (exact) mass is 569 g/mol. The van der Waals surface area contributed by atoms with Crippen LogP contribution < -0.4 is 0 Å². The number of carbonyl (C=O) groups is 1. The van der Waals surface area contributed by atoms with Gasteiger partial charge in [0.1, 0.15) is 5.52 Å². The summed E-state index contributed by atoms with van der Waals surface area (Å²) in [6.45, 7) is 8.61. The van der Waals surface area contributed by atoms with E-state index in [1.54, 1.807) is 22.1 Å². The fourth-order valence-corrected chi connectivity index (χ4v) is 7.42. The van der Waals surface area contributed by atoms with Crippen LogP contribution in [0.2, 0.25) is 0 Å². The minimum Gasteiger partial charge on any atom is -0.493 e. The van der Waals surface area contributed by atoms with Crippen molar-refractivity contribution in [2.75, 3.05) is 6.54 Å². The van der Waals surface area contributed by atoms with Crippen LogP contribution >= 0.6 is 11.3 Å². The number of hydrogen-bond acceptors (Lipinski definition) is 7. The average Bonchev–Trinajstić information content (AvgIpc) is 3.53. The Morgan fingerprint density at radius 2 is 2.02 bits per heavy atom. The number of thiophene rings is 1. The predicted molar refractivity (Wildman–Crippen MR) is 161 cm³/mol. The molecule has 0 unspecified atom stereocenters. The smallest absolute Gasteiger partial charge is 0.304 e. The SMILES string of the molecule is CC[C@H]1Cc2ccc(O)nc2CN(Cc2cc([C@@H](CC(=O)O)c3cc(C)c4c(nnn4C)c3C)cc3ccsc23)C1. The second-order valence-corrected chi connectivity index (χ2v) is 12.3. The Morgan fingerprint density at radius 3 is 2.80 bits per heavy atom. The molecule has 0 amide bonds. The van der Waals surface area contributed by atoms with Gasteiger partial charge in [0.05, 0.1) is 17.6 Å². The number of hydrogen-bond donors (Lipinski definition) is 2. The minimum absolute atomic E-state index is 0.0146. The van der Waals surface area contributed by atoms with Crippen molar-refractivity contribution in [3.63, 3.8) is 0 Å². The number of aliphatic carboxylic acids is 1. The van der Waals surface area contributed by atoms with Gasteiger partial charge in [0, 0.05) is 43.4 Å². The normalized spacial score (nSPS) is 16.6. The number of nitrogens with zero attached hydrogens (tertiary/aromatic N) is 5. The Balaban J connectivity index is 1.44. The van der Waals surface area contributed by atoms with Crippen LogP contribution in [-0.2, 0) is 31.4 Å². The standard InChI is InChI=1S/C32H35N5O3S/c1-5-20-11-21-6-7-28(38)33-27(21)17-37(15-20)16-24-13-23(12-22-8-9-41-32(22)24)26(14-29(39)40)25-10-18(2)31-30(19(25)3)34-35-36(31)4/h6-10,12-13,20,26H,5,11,14-17H2,1-4H3,(H,33,38)(H,39,40)/t20-,26+/m0/s1. The minimum atomic E-state index is -0.834. The van der Waals surface area contributed by atoms with Crippen molar-refractivity contribution in [3.05, 3.63) is 80.9 Å². The van der Waals surface area contributed by atoms with Gasteiger partial charge in [-0.15, -0.1) is 16.4 Å². The average molecular weight is 570 g/mol. The Bertz CT molecular complexity index is 1770. The van der Waals surface area contributed by atoms with E-state index in [2.05, 4.69) is 56.8 Å². The van der Waals surface area contributed by atoms with Gasteiger partial charge in [0.25, 0.3) is 0 Å². The fraction of sp³-hybridized carbons (Fsp3) is 0.375. The summed E-state index contributed by atoms with van der Waals surface area (Å²) in [4.78, 5) is 19.1. The summed E-state index contributed by atoms with van der Waals surface area (Å²) in [5.41, 5.74) is 9.11. The van der Waals surface area contributed by atoms with E-state index in [0.717, 1.165) is 70.3 Å². The van der Waals surface area contributed by atoms with Gasteiger partial charge < -0.3 is 10.2 Å². The lowest BCUT2D eigenvalue weighted by Crippen LogP contribution is -2.27. The maximum Gasteiger partial charge on any atom is 0.304 e. The Kier molecular flexibility index (Phi) is 7.25. The molecule has 0 fully saturated rings. The molecule has 0 spiro atoms. The van der Waals surface area contributed by atoms with Crippen LogP contribution in [0.4, 0.5) is 0 Å². The molecule has 5 aromatic rings. The van der Waals surface area contributed by atoms with Crippen molar-refractivity contribution in [1.82, 2.24) is 24.9 Å². The van der Waals surface area contributed by atoms with Crippen molar-refractivity contribution in [3.8, 4) is 5.88 Å². The molecule has 6 rings (SSSR count). The van der Waals surface area contributed by atoms with Crippen molar-refractivity contribution in [1.29, 1.82) is 0 Å². The first-order valence-electron chi connectivity index (χ1n) is 14.1. The molecule has 3 aromatic heterocycles. The van der Waals surface area contributed by atoms with Crippen LogP contribution in [0.1, 0.15) is 64.8 Å². The molecule has 2 atom stereocenters. The molecule has 41 heavy (non-hydrogen) atoms. The number of aryl methyl sites for hydroxylation is 3. The third-order valence-corrected chi connectivity index (χ3v) is 9.60. The molecule has 0 bridgehead atoms. The fourth-order valence-electron chi connectivity index (χ4n) is 6.54. The summed E-state index contributed by atoms with van der Waals surface area (Å²) >= 11 is 1.72. The first kappa shape index (κ1) is 27.4. The van der Waals surface area contributed by atoms with Gasteiger partial charge >= 0.3 is 5.97 Å². The maximum atomic E-state index is 12.2. The molecule has 2 aromatic carbocycles. The third kappa shape index (κ3) is 5.20. The Labute approximate surface area is 243 Å². The van der Waals surface area contributed by atoms with E-state index in [4.69, 9.17) is 0 Å². The number of carboxylic acid groups (broad SMARTS) is 1. The second-order valence-electron chi connectivity index (χ2n) is 11.4. The van der Waals surface area contributed by atoms with E-state index < -0.39 is 5.97 Å². The molecule has 0 saturated heterocycles. The summed E-state index contributed by atoms with van der Waals surface area (Å²) in [6.07, 6.45) is 2.00. The number of aromatic nitrogens is 4. The summed E-state index contributed by atoms with van der Waals surface area (Å²) in [5.74, 6) is -0.608. The molecule has 8 nitrogen and oxygen atoms in total. The van der Waals surface area contributed by atoms with E-state index in [0.29, 0.717) is 12.5 Å². The molecule has 1 aliphatic rings. The molecule has 212 valence electrons. The first-order chi connectivity index (χ1) is 19.7. The topological polar surface area (TPSA) is 104 Å². The molecular weight excluding hydrogens is 534 g/mol. The van der Waals surface area contributed by atoms with Crippen LogP contribution in [-0.4, -0.2) is 47.6 Å². The van der Waals surface area contributed by atoms with Gasteiger partial charge in [0.15, 0.2) is 0 Å². The highest BCUT2D eigenvalue weighted by atomic mass is 32.1. The molecule has 0 aliphatic carbocycles. The quantitative estimate of drug-likeness (QED) is 0.244. The number of benzene rings is 2. The van der Waals surface area contributed by atoms with Gasteiger partial charge in [-0.25, -0.2) is 9.67 Å². The number of rotatable bonds is 7. The zero-order valence-electron chi connectivity index (χ0n) is 23.9. The van der Waals surface area contributed by atoms with Crippen LogP contribution in [0.15, 0.2) is 41.8 Å². The highest BCUT2D eigenvalue weighted by Crippen LogP contribution is 2.38. The Hall–Kier alpha value is -3.82. The molecule has 0 radical (unpaired) electrons. The van der Waals surface area contributed by atoms with Crippen molar-refractivity contribution < 1.29 is 15.0 Å². The summed E-state index contributed by atoms with van der Waals surface area (Å²) < 4.78 is 3.00. The Morgan fingerprint density at radius 1 is 1.20 bits per heavy atom. The van der Waals surface area contributed by atoms with E-state index in [-0.39, 0.29) is 18.2 Å². The van der Waals surface area contributed by atoms with Gasteiger partial charge in [-0.1, -0.05) is 36.8 Å².